The Kier molecular flexibility index (Phi) is 6.79. The summed E-state index contributed by atoms with van der Waals surface area (Å²) in [5, 5.41) is 15.5. The minimum Gasteiger partial charge on any atom is -0.478 e. The summed E-state index contributed by atoms with van der Waals surface area (Å²) in [5.41, 5.74) is 4.94. The van der Waals surface area contributed by atoms with Gasteiger partial charge < -0.3 is 25.4 Å². The number of carbonyl (C=O) groups is 3. The third-order valence-electron chi connectivity index (χ3n) is 7.40. The number of fused-ring (bicyclic) bond motifs is 2. The van der Waals surface area contributed by atoms with Crippen LogP contribution in [0.15, 0.2) is 60.7 Å². The molecule has 3 aromatic carbocycles. The lowest BCUT2D eigenvalue weighted by Gasteiger charge is -2.28. The summed E-state index contributed by atoms with van der Waals surface area (Å²) < 4.78 is 19.2. The van der Waals surface area contributed by atoms with Crippen molar-refractivity contribution in [2.24, 2.45) is 0 Å². The predicted molar refractivity (Wildman–Crippen MR) is 149 cm³/mol. The van der Waals surface area contributed by atoms with Gasteiger partial charge in [0, 0.05) is 36.6 Å². The van der Waals surface area contributed by atoms with E-state index in [1.807, 2.05) is 23.1 Å². The van der Waals surface area contributed by atoms with Crippen LogP contribution in [0.25, 0.3) is 11.3 Å². The number of ether oxygens (including phenoxy) is 1. The standard InChI is InChI=1S/C30H27FN4O5/c31-21-4-1-18(2-5-21)28(27-23-7-3-20(30(38)39)16-24(23)33-29(27)37)32-22-6-8-25-19(15-22)9-10-35(25)26(36)17-34-11-13-40-14-12-34/h1-8,15-16,32H,9-14,17H2,(H,33,37)(H,38,39)/b28-27-. The number of amides is 2. The Balaban J connectivity index is 1.32. The second kappa shape index (κ2) is 10.6. The lowest BCUT2D eigenvalue weighted by atomic mass is 9.98. The number of hydrogen-bond acceptors (Lipinski definition) is 6. The molecule has 0 aliphatic carbocycles. The van der Waals surface area contributed by atoms with Crippen LogP contribution >= 0.6 is 0 Å². The van der Waals surface area contributed by atoms with Crippen LogP contribution in [-0.4, -0.2) is 67.2 Å². The lowest BCUT2D eigenvalue weighted by Crippen LogP contribution is -2.44. The number of nitrogens with one attached hydrogen (secondary N) is 2. The molecule has 0 saturated carbocycles. The molecular formula is C30H27FN4O5. The van der Waals surface area contributed by atoms with Crippen LogP contribution < -0.4 is 15.5 Å². The van der Waals surface area contributed by atoms with Crippen molar-refractivity contribution >= 4 is 46.1 Å². The van der Waals surface area contributed by atoms with E-state index in [2.05, 4.69) is 15.5 Å². The van der Waals surface area contributed by atoms with Gasteiger partial charge >= 0.3 is 5.97 Å². The van der Waals surface area contributed by atoms with E-state index in [-0.39, 0.29) is 11.5 Å². The number of halogens is 1. The Morgan fingerprint density at radius 3 is 2.48 bits per heavy atom. The van der Waals surface area contributed by atoms with Crippen molar-refractivity contribution in [3.63, 3.8) is 0 Å². The van der Waals surface area contributed by atoms with Gasteiger partial charge in [0.1, 0.15) is 5.82 Å². The molecule has 3 N–H and O–H groups in total. The van der Waals surface area contributed by atoms with Crippen molar-refractivity contribution in [1.82, 2.24) is 4.90 Å². The molecule has 0 radical (unpaired) electrons. The van der Waals surface area contributed by atoms with Crippen molar-refractivity contribution in [1.29, 1.82) is 0 Å². The Morgan fingerprint density at radius 1 is 0.975 bits per heavy atom. The quantitative estimate of drug-likeness (QED) is 0.408. The zero-order chi connectivity index (χ0) is 27.8. The monoisotopic (exact) mass is 542 g/mol. The van der Waals surface area contributed by atoms with Crippen molar-refractivity contribution in [3.8, 4) is 0 Å². The minimum absolute atomic E-state index is 0.0513. The average molecular weight is 543 g/mol. The Labute approximate surface area is 229 Å². The molecule has 10 heteroatoms. The highest BCUT2D eigenvalue weighted by Crippen LogP contribution is 2.39. The third-order valence-corrected chi connectivity index (χ3v) is 7.40. The van der Waals surface area contributed by atoms with E-state index >= 15 is 0 Å². The topological polar surface area (TPSA) is 111 Å². The molecule has 3 aliphatic heterocycles. The van der Waals surface area contributed by atoms with E-state index in [1.54, 1.807) is 18.2 Å². The molecule has 3 heterocycles. The molecule has 204 valence electrons. The van der Waals surface area contributed by atoms with E-state index < -0.39 is 17.7 Å². The van der Waals surface area contributed by atoms with Crippen LogP contribution in [0.1, 0.15) is 27.0 Å². The number of hydrogen-bond donors (Lipinski definition) is 3. The minimum atomic E-state index is -1.10. The summed E-state index contributed by atoms with van der Waals surface area (Å²) in [6, 6.07) is 16.0. The summed E-state index contributed by atoms with van der Waals surface area (Å²) in [6.45, 7) is 3.69. The molecule has 9 nitrogen and oxygen atoms in total. The summed E-state index contributed by atoms with van der Waals surface area (Å²) >= 11 is 0. The van der Waals surface area contributed by atoms with Gasteiger partial charge in [-0.2, -0.15) is 0 Å². The van der Waals surface area contributed by atoms with Gasteiger partial charge in [0.15, 0.2) is 0 Å². The van der Waals surface area contributed by atoms with Gasteiger partial charge in [-0.3, -0.25) is 14.5 Å². The molecule has 3 aromatic rings. The van der Waals surface area contributed by atoms with Gasteiger partial charge in [-0.05, 0) is 72.1 Å². The van der Waals surface area contributed by atoms with E-state index in [4.69, 9.17) is 4.74 Å². The molecule has 0 atom stereocenters. The molecule has 0 spiro atoms. The fourth-order valence-electron chi connectivity index (χ4n) is 5.37. The molecule has 0 unspecified atom stereocenters. The van der Waals surface area contributed by atoms with Gasteiger partial charge in [0.05, 0.1) is 42.3 Å². The maximum absolute atomic E-state index is 13.8. The highest BCUT2D eigenvalue weighted by molar-refractivity contribution is 6.37. The van der Waals surface area contributed by atoms with Gasteiger partial charge in [-0.25, -0.2) is 9.18 Å². The van der Waals surface area contributed by atoms with Crippen LogP contribution in [-0.2, 0) is 20.7 Å². The smallest absolute Gasteiger partial charge is 0.335 e. The average Bonchev–Trinajstić information content (AvgIpc) is 3.52. The van der Waals surface area contributed by atoms with E-state index in [0.29, 0.717) is 66.5 Å². The van der Waals surface area contributed by atoms with Gasteiger partial charge in [0.2, 0.25) is 5.91 Å². The van der Waals surface area contributed by atoms with Crippen LogP contribution in [0.5, 0.6) is 0 Å². The molecular weight excluding hydrogens is 515 g/mol. The SMILES string of the molecule is O=C1Nc2cc(C(=O)O)ccc2/C1=C(/Nc1ccc2c(c1)CCN2C(=O)CN1CCOCC1)c1ccc(F)cc1. The maximum atomic E-state index is 13.8. The number of carboxylic acids is 1. The van der Waals surface area contributed by atoms with Crippen LogP contribution in [0.3, 0.4) is 0 Å². The molecule has 0 aromatic heterocycles. The zero-order valence-electron chi connectivity index (χ0n) is 21.6. The van der Waals surface area contributed by atoms with Crippen molar-refractivity contribution in [3.05, 3.63) is 88.7 Å². The molecule has 40 heavy (non-hydrogen) atoms. The summed E-state index contributed by atoms with van der Waals surface area (Å²) in [4.78, 5) is 41.6. The first-order valence-electron chi connectivity index (χ1n) is 13.1. The van der Waals surface area contributed by atoms with Crippen LogP contribution in [0, 0.1) is 5.82 Å². The van der Waals surface area contributed by atoms with Gasteiger partial charge in [0.25, 0.3) is 5.91 Å². The zero-order valence-corrected chi connectivity index (χ0v) is 21.6. The molecule has 1 fully saturated rings. The molecule has 3 aliphatic rings. The molecule has 6 rings (SSSR count). The van der Waals surface area contributed by atoms with Crippen molar-refractivity contribution < 1.29 is 28.6 Å². The maximum Gasteiger partial charge on any atom is 0.335 e. The van der Waals surface area contributed by atoms with E-state index in [9.17, 15) is 23.9 Å². The highest BCUT2D eigenvalue weighted by atomic mass is 19.1. The van der Waals surface area contributed by atoms with Crippen molar-refractivity contribution in [2.75, 3.05) is 54.9 Å². The third kappa shape index (κ3) is 4.94. The Morgan fingerprint density at radius 2 is 1.73 bits per heavy atom. The number of benzene rings is 3. The largest absolute Gasteiger partial charge is 0.478 e. The second-order valence-corrected chi connectivity index (χ2v) is 9.93. The lowest BCUT2D eigenvalue weighted by molar-refractivity contribution is -0.120. The number of morpholine rings is 1. The molecule has 2 amide bonds. The Hall–Kier alpha value is -4.54. The highest BCUT2D eigenvalue weighted by Gasteiger charge is 2.30. The molecule has 1 saturated heterocycles. The Bertz CT molecular complexity index is 1550. The number of anilines is 3. The first-order chi connectivity index (χ1) is 19.4. The van der Waals surface area contributed by atoms with Gasteiger partial charge in [-0.15, -0.1) is 0 Å². The normalized spacial score (nSPS) is 17.7. The fourth-order valence-corrected chi connectivity index (χ4v) is 5.37. The second-order valence-electron chi connectivity index (χ2n) is 9.93. The first-order valence-corrected chi connectivity index (χ1v) is 13.1. The van der Waals surface area contributed by atoms with Gasteiger partial charge in [-0.1, -0.05) is 6.07 Å². The van der Waals surface area contributed by atoms with Crippen LogP contribution in [0.4, 0.5) is 21.5 Å². The summed E-state index contributed by atoms with van der Waals surface area (Å²) in [7, 11) is 0. The summed E-state index contributed by atoms with van der Waals surface area (Å²) in [5.74, 6) is -1.85. The first kappa shape index (κ1) is 25.7. The fraction of sp³-hybridized carbons (Fsp3) is 0.233. The number of carbonyl (C=O) groups excluding carboxylic acids is 2. The number of nitrogens with zero attached hydrogens (tertiary/aromatic N) is 2. The molecule has 0 bridgehead atoms. The predicted octanol–water partition coefficient (Wildman–Crippen LogP) is 3.68. The number of carboxylic acid groups (broad SMARTS) is 1. The number of rotatable bonds is 6. The van der Waals surface area contributed by atoms with Crippen molar-refractivity contribution in [2.45, 2.75) is 6.42 Å². The van der Waals surface area contributed by atoms with E-state index in [0.717, 1.165) is 24.3 Å². The number of aromatic carboxylic acids is 1. The van der Waals surface area contributed by atoms with E-state index in [1.165, 1.54) is 24.3 Å². The summed E-state index contributed by atoms with van der Waals surface area (Å²) in [6.07, 6.45) is 0.698. The van der Waals surface area contributed by atoms with Crippen LogP contribution in [0.2, 0.25) is 0 Å².